The van der Waals surface area contributed by atoms with E-state index in [4.69, 9.17) is 5.73 Å². The quantitative estimate of drug-likeness (QED) is 0.539. The number of nitrogens with one attached hydrogen (secondary N) is 2. The van der Waals surface area contributed by atoms with E-state index < -0.39 is 0 Å². The van der Waals surface area contributed by atoms with Crippen LogP contribution in [0.4, 0.5) is 0 Å². The number of hydrogen-bond donors (Lipinski definition) is 3. The predicted molar refractivity (Wildman–Crippen MR) is 57.1 cm³/mol. The SMILES string of the molecule is NC(=O)CCCNC(=O)[C@H]1CCCCN1. The third-order valence-electron chi connectivity index (χ3n) is 2.53. The molecule has 1 atom stereocenters. The summed E-state index contributed by atoms with van der Waals surface area (Å²) < 4.78 is 0. The van der Waals surface area contributed by atoms with Crippen molar-refractivity contribution in [1.29, 1.82) is 0 Å². The summed E-state index contributed by atoms with van der Waals surface area (Å²) in [5, 5.41) is 5.96. The van der Waals surface area contributed by atoms with Gasteiger partial charge < -0.3 is 16.4 Å². The van der Waals surface area contributed by atoms with Crippen LogP contribution in [0.25, 0.3) is 0 Å². The van der Waals surface area contributed by atoms with Gasteiger partial charge in [0.2, 0.25) is 11.8 Å². The van der Waals surface area contributed by atoms with Crippen LogP contribution in [0.2, 0.25) is 0 Å². The van der Waals surface area contributed by atoms with E-state index in [0.717, 1.165) is 25.8 Å². The molecule has 86 valence electrons. The maximum absolute atomic E-state index is 11.6. The van der Waals surface area contributed by atoms with Gasteiger partial charge in [0.15, 0.2) is 0 Å². The van der Waals surface area contributed by atoms with Crippen molar-refractivity contribution < 1.29 is 9.59 Å². The van der Waals surface area contributed by atoms with Gasteiger partial charge in [0, 0.05) is 13.0 Å². The van der Waals surface area contributed by atoms with Crippen LogP contribution < -0.4 is 16.4 Å². The third-order valence-corrected chi connectivity index (χ3v) is 2.53. The number of nitrogens with two attached hydrogens (primary N) is 1. The van der Waals surface area contributed by atoms with Gasteiger partial charge in [-0.05, 0) is 25.8 Å². The molecule has 0 radical (unpaired) electrons. The summed E-state index contributed by atoms with van der Waals surface area (Å²) in [6.45, 7) is 1.44. The molecule has 1 heterocycles. The van der Waals surface area contributed by atoms with Crippen LogP contribution in [0.5, 0.6) is 0 Å². The molecule has 0 saturated carbocycles. The van der Waals surface area contributed by atoms with Crippen LogP contribution in [0, 0.1) is 0 Å². The Kier molecular flexibility index (Phi) is 5.10. The molecule has 0 unspecified atom stereocenters. The summed E-state index contributed by atoms with van der Waals surface area (Å²) in [5.41, 5.74) is 4.99. The topological polar surface area (TPSA) is 84.2 Å². The first-order valence-electron chi connectivity index (χ1n) is 5.49. The Morgan fingerprint density at radius 3 is 2.80 bits per heavy atom. The van der Waals surface area contributed by atoms with Gasteiger partial charge in [0.25, 0.3) is 0 Å². The zero-order chi connectivity index (χ0) is 11.1. The van der Waals surface area contributed by atoms with Gasteiger partial charge in [-0.25, -0.2) is 0 Å². The Morgan fingerprint density at radius 2 is 2.20 bits per heavy atom. The van der Waals surface area contributed by atoms with Crippen molar-refractivity contribution in [2.45, 2.75) is 38.1 Å². The van der Waals surface area contributed by atoms with Crippen molar-refractivity contribution >= 4 is 11.8 Å². The van der Waals surface area contributed by atoms with Crippen LogP contribution in [-0.4, -0.2) is 30.9 Å². The molecule has 0 aliphatic carbocycles. The largest absolute Gasteiger partial charge is 0.370 e. The van der Waals surface area contributed by atoms with E-state index in [1.807, 2.05) is 0 Å². The van der Waals surface area contributed by atoms with Crippen molar-refractivity contribution in [3.63, 3.8) is 0 Å². The zero-order valence-electron chi connectivity index (χ0n) is 8.92. The minimum absolute atomic E-state index is 0.0409. The molecule has 2 amide bonds. The Bertz CT molecular complexity index is 225. The number of piperidine rings is 1. The predicted octanol–water partition coefficient (Wildman–Crippen LogP) is -0.490. The highest BCUT2D eigenvalue weighted by Gasteiger charge is 2.19. The first-order valence-corrected chi connectivity index (χ1v) is 5.49. The van der Waals surface area contributed by atoms with Gasteiger partial charge in [0.1, 0.15) is 0 Å². The Morgan fingerprint density at radius 1 is 1.40 bits per heavy atom. The Labute approximate surface area is 89.8 Å². The Hall–Kier alpha value is -1.10. The summed E-state index contributed by atoms with van der Waals surface area (Å²) >= 11 is 0. The van der Waals surface area contributed by atoms with Gasteiger partial charge in [-0.1, -0.05) is 6.42 Å². The molecular formula is C10H19N3O2. The smallest absolute Gasteiger partial charge is 0.237 e. The molecule has 15 heavy (non-hydrogen) atoms. The monoisotopic (exact) mass is 213 g/mol. The van der Waals surface area contributed by atoms with Crippen molar-refractivity contribution in [3.8, 4) is 0 Å². The second-order valence-corrected chi connectivity index (χ2v) is 3.86. The van der Waals surface area contributed by atoms with Crippen molar-refractivity contribution in [3.05, 3.63) is 0 Å². The standard InChI is InChI=1S/C10H19N3O2/c11-9(14)5-3-7-13-10(15)8-4-1-2-6-12-8/h8,12H,1-7H2,(H2,11,14)(H,13,15)/t8-/m1/s1. The fourth-order valence-electron chi connectivity index (χ4n) is 1.67. The van der Waals surface area contributed by atoms with Gasteiger partial charge in [0.05, 0.1) is 6.04 Å². The van der Waals surface area contributed by atoms with E-state index in [1.165, 1.54) is 0 Å². The molecule has 5 nitrogen and oxygen atoms in total. The highest BCUT2D eigenvalue weighted by atomic mass is 16.2. The normalized spacial score (nSPS) is 20.9. The van der Waals surface area contributed by atoms with Gasteiger partial charge in [-0.3, -0.25) is 9.59 Å². The molecule has 0 spiro atoms. The summed E-state index contributed by atoms with van der Waals surface area (Å²) in [4.78, 5) is 22.0. The maximum Gasteiger partial charge on any atom is 0.237 e. The van der Waals surface area contributed by atoms with Gasteiger partial charge in [-0.15, -0.1) is 0 Å². The second-order valence-electron chi connectivity index (χ2n) is 3.86. The number of carbonyl (C=O) groups is 2. The Balaban J connectivity index is 2.09. The number of hydrogen-bond acceptors (Lipinski definition) is 3. The minimum atomic E-state index is -0.319. The molecular weight excluding hydrogens is 194 g/mol. The highest BCUT2D eigenvalue weighted by Crippen LogP contribution is 2.06. The molecule has 0 aromatic heterocycles. The van der Waals surface area contributed by atoms with Crippen LogP contribution in [0.15, 0.2) is 0 Å². The molecule has 1 aliphatic rings. The van der Waals surface area contributed by atoms with E-state index in [0.29, 0.717) is 19.4 Å². The summed E-state index contributed by atoms with van der Waals surface area (Å²) in [6, 6.07) is -0.0488. The first-order chi connectivity index (χ1) is 7.20. The maximum atomic E-state index is 11.6. The van der Waals surface area contributed by atoms with E-state index >= 15 is 0 Å². The number of carbonyl (C=O) groups excluding carboxylic acids is 2. The third kappa shape index (κ3) is 4.78. The number of rotatable bonds is 5. The molecule has 1 rings (SSSR count). The highest BCUT2D eigenvalue weighted by molar-refractivity contribution is 5.81. The van der Waals surface area contributed by atoms with Crippen LogP contribution >= 0.6 is 0 Å². The van der Waals surface area contributed by atoms with Gasteiger partial charge in [-0.2, -0.15) is 0 Å². The molecule has 4 N–H and O–H groups in total. The molecule has 1 aliphatic heterocycles. The average molecular weight is 213 g/mol. The zero-order valence-corrected chi connectivity index (χ0v) is 8.92. The fourth-order valence-corrected chi connectivity index (χ4v) is 1.67. The lowest BCUT2D eigenvalue weighted by atomic mass is 10.0. The van der Waals surface area contributed by atoms with Crippen LogP contribution in [0.3, 0.4) is 0 Å². The number of primary amides is 1. The van der Waals surface area contributed by atoms with Crippen molar-refractivity contribution in [2.75, 3.05) is 13.1 Å². The van der Waals surface area contributed by atoms with Crippen LogP contribution in [0.1, 0.15) is 32.1 Å². The van der Waals surface area contributed by atoms with Crippen molar-refractivity contribution in [2.24, 2.45) is 5.73 Å². The molecule has 0 aromatic rings. The molecule has 1 saturated heterocycles. The molecule has 1 fully saturated rings. The lowest BCUT2D eigenvalue weighted by Crippen LogP contribution is -2.46. The minimum Gasteiger partial charge on any atom is -0.370 e. The van der Waals surface area contributed by atoms with E-state index in [9.17, 15) is 9.59 Å². The summed E-state index contributed by atoms with van der Waals surface area (Å²) in [7, 11) is 0. The second kappa shape index (κ2) is 6.40. The molecule has 5 heteroatoms. The lowest BCUT2D eigenvalue weighted by molar-refractivity contribution is -0.124. The average Bonchev–Trinajstić information content (AvgIpc) is 2.25. The fraction of sp³-hybridized carbons (Fsp3) is 0.800. The number of amides is 2. The summed E-state index contributed by atoms with van der Waals surface area (Å²) in [6.07, 6.45) is 4.10. The van der Waals surface area contributed by atoms with E-state index in [1.54, 1.807) is 0 Å². The van der Waals surface area contributed by atoms with Crippen LogP contribution in [-0.2, 0) is 9.59 Å². The molecule has 0 bridgehead atoms. The van der Waals surface area contributed by atoms with Gasteiger partial charge >= 0.3 is 0 Å². The summed E-state index contributed by atoms with van der Waals surface area (Å²) in [5.74, 6) is -0.279. The van der Waals surface area contributed by atoms with Crippen molar-refractivity contribution in [1.82, 2.24) is 10.6 Å². The van der Waals surface area contributed by atoms with E-state index in [2.05, 4.69) is 10.6 Å². The van der Waals surface area contributed by atoms with E-state index in [-0.39, 0.29) is 17.9 Å². The molecule has 0 aromatic carbocycles. The lowest BCUT2D eigenvalue weighted by Gasteiger charge is -2.22. The first kappa shape index (κ1) is 12.0.